The monoisotopic (exact) mass is 211 g/mol. The Morgan fingerprint density at radius 2 is 2.33 bits per heavy atom. The van der Waals surface area contributed by atoms with Crippen LogP contribution in [0, 0.1) is 0 Å². The highest BCUT2D eigenvalue weighted by Gasteiger charge is 2.49. The molecule has 0 bridgehead atoms. The first-order chi connectivity index (χ1) is 7.03. The second-order valence-electron chi connectivity index (χ2n) is 3.60. The molecule has 0 aromatic heterocycles. The number of carbonyl (C=O) groups excluding carboxylic acids is 1. The average molecular weight is 211 g/mol. The second-order valence-corrected chi connectivity index (χ2v) is 3.60. The SMILES string of the molecule is CC1(C)OC2=C(CN=[N+]=[N-])OC(=O)C2O1. The van der Waals surface area contributed by atoms with E-state index in [9.17, 15) is 4.79 Å². The predicted octanol–water partition coefficient (Wildman–Crippen LogP) is 1.22. The van der Waals surface area contributed by atoms with Crippen LogP contribution in [0.3, 0.4) is 0 Å². The van der Waals surface area contributed by atoms with E-state index in [0.29, 0.717) is 5.76 Å². The summed E-state index contributed by atoms with van der Waals surface area (Å²) in [7, 11) is 0. The van der Waals surface area contributed by atoms with Gasteiger partial charge in [0, 0.05) is 18.8 Å². The lowest BCUT2D eigenvalue weighted by Gasteiger charge is -2.17. The molecule has 1 fully saturated rings. The van der Waals surface area contributed by atoms with Crippen molar-refractivity contribution < 1.29 is 19.0 Å². The number of fused-ring (bicyclic) bond motifs is 1. The molecule has 2 heterocycles. The molecule has 0 radical (unpaired) electrons. The van der Waals surface area contributed by atoms with Gasteiger partial charge in [0.15, 0.2) is 11.5 Å². The molecule has 1 unspecified atom stereocenters. The van der Waals surface area contributed by atoms with Crippen molar-refractivity contribution in [2.24, 2.45) is 5.11 Å². The highest BCUT2D eigenvalue weighted by molar-refractivity contribution is 5.82. The maximum Gasteiger partial charge on any atom is 0.348 e. The lowest BCUT2D eigenvalue weighted by Crippen LogP contribution is -2.25. The van der Waals surface area contributed by atoms with Crippen LogP contribution in [-0.2, 0) is 19.0 Å². The third kappa shape index (κ3) is 1.62. The smallest absolute Gasteiger partial charge is 0.348 e. The predicted molar refractivity (Wildman–Crippen MR) is 47.2 cm³/mol. The van der Waals surface area contributed by atoms with Gasteiger partial charge >= 0.3 is 5.97 Å². The minimum Gasteiger partial charge on any atom is -0.460 e. The van der Waals surface area contributed by atoms with Crippen LogP contribution in [0.5, 0.6) is 0 Å². The van der Waals surface area contributed by atoms with Crippen molar-refractivity contribution in [1.29, 1.82) is 0 Å². The third-order valence-corrected chi connectivity index (χ3v) is 1.99. The lowest BCUT2D eigenvalue weighted by molar-refractivity contribution is -0.168. The minimum atomic E-state index is -0.846. The van der Waals surface area contributed by atoms with Gasteiger partial charge in [0.25, 0.3) is 0 Å². The van der Waals surface area contributed by atoms with Crippen LogP contribution in [0.2, 0.25) is 0 Å². The molecule has 0 aromatic carbocycles. The van der Waals surface area contributed by atoms with Gasteiger partial charge in [-0.1, -0.05) is 5.11 Å². The molecule has 15 heavy (non-hydrogen) atoms. The molecule has 2 rings (SSSR count). The fraction of sp³-hybridized carbons (Fsp3) is 0.625. The largest absolute Gasteiger partial charge is 0.460 e. The summed E-state index contributed by atoms with van der Waals surface area (Å²) >= 11 is 0. The van der Waals surface area contributed by atoms with Crippen molar-refractivity contribution >= 4 is 5.97 Å². The van der Waals surface area contributed by atoms with Crippen molar-refractivity contribution in [3.8, 4) is 0 Å². The molecule has 1 atom stereocenters. The molecule has 0 aromatic rings. The standard InChI is InChI=1S/C8H9N3O4/c1-8(2)14-5-4(3-10-11-9)13-7(12)6(5)15-8/h6H,3H2,1-2H3. The molecule has 1 saturated heterocycles. The maximum atomic E-state index is 11.3. The first kappa shape index (κ1) is 9.82. The molecular weight excluding hydrogens is 202 g/mol. The first-order valence-electron chi connectivity index (χ1n) is 4.36. The van der Waals surface area contributed by atoms with Gasteiger partial charge in [-0.2, -0.15) is 0 Å². The molecule has 2 aliphatic heterocycles. The zero-order valence-electron chi connectivity index (χ0n) is 8.26. The molecule has 7 nitrogen and oxygen atoms in total. The highest BCUT2D eigenvalue weighted by atomic mass is 16.8. The molecule has 0 N–H and O–H groups in total. The van der Waals surface area contributed by atoms with E-state index >= 15 is 0 Å². The van der Waals surface area contributed by atoms with Crippen molar-refractivity contribution in [2.75, 3.05) is 6.54 Å². The summed E-state index contributed by atoms with van der Waals surface area (Å²) in [5.74, 6) is -0.828. The summed E-state index contributed by atoms with van der Waals surface area (Å²) < 4.78 is 15.5. The Morgan fingerprint density at radius 3 is 3.00 bits per heavy atom. The van der Waals surface area contributed by atoms with Crippen molar-refractivity contribution in [3.63, 3.8) is 0 Å². The van der Waals surface area contributed by atoms with E-state index < -0.39 is 17.9 Å². The van der Waals surface area contributed by atoms with Gasteiger partial charge < -0.3 is 14.2 Å². The van der Waals surface area contributed by atoms with Crippen LogP contribution in [0.1, 0.15) is 13.8 Å². The quantitative estimate of drug-likeness (QED) is 0.297. The molecule has 0 saturated carbocycles. The normalized spacial score (nSPS) is 26.8. The number of cyclic esters (lactones) is 1. The second kappa shape index (κ2) is 3.15. The molecule has 2 aliphatic rings. The number of hydrogen-bond acceptors (Lipinski definition) is 5. The zero-order chi connectivity index (χ0) is 11.1. The van der Waals surface area contributed by atoms with E-state index in [-0.39, 0.29) is 12.3 Å². The topological polar surface area (TPSA) is 93.5 Å². The summed E-state index contributed by atoms with van der Waals surface area (Å²) in [5, 5.41) is 3.31. The van der Waals surface area contributed by atoms with Gasteiger partial charge in [-0.15, -0.1) is 0 Å². The van der Waals surface area contributed by atoms with Crippen LogP contribution in [0.25, 0.3) is 10.4 Å². The van der Waals surface area contributed by atoms with Crippen LogP contribution in [-0.4, -0.2) is 24.4 Å². The van der Waals surface area contributed by atoms with E-state index in [1.54, 1.807) is 13.8 Å². The van der Waals surface area contributed by atoms with Crippen molar-refractivity contribution in [3.05, 3.63) is 22.0 Å². The van der Waals surface area contributed by atoms with E-state index in [4.69, 9.17) is 19.7 Å². The van der Waals surface area contributed by atoms with Gasteiger partial charge in [-0.3, -0.25) is 0 Å². The van der Waals surface area contributed by atoms with E-state index in [0.717, 1.165) is 0 Å². The van der Waals surface area contributed by atoms with Crippen molar-refractivity contribution in [1.82, 2.24) is 0 Å². The Hall–Kier alpha value is -1.72. The number of rotatable bonds is 2. The molecular formula is C8H9N3O4. The highest BCUT2D eigenvalue weighted by Crippen LogP contribution is 2.38. The fourth-order valence-corrected chi connectivity index (χ4v) is 1.47. The van der Waals surface area contributed by atoms with E-state index in [2.05, 4.69) is 10.0 Å². The summed E-state index contributed by atoms with van der Waals surface area (Å²) in [4.78, 5) is 13.9. The summed E-state index contributed by atoms with van der Waals surface area (Å²) in [6, 6.07) is 0. The molecule has 7 heteroatoms. The summed E-state index contributed by atoms with van der Waals surface area (Å²) in [5.41, 5.74) is 8.16. The van der Waals surface area contributed by atoms with E-state index in [1.807, 2.05) is 0 Å². The van der Waals surface area contributed by atoms with Crippen LogP contribution in [0.4, 0.5) is 0 Å². The lowest BCUT2D eigenvalue weighted by atomic mass is 10.3. The Labute approximate surface area is 85.2 Å². The molecule has 0 amide bonds. The van der Waals surface area contributed by atoms with Crippen LogP contribution in [0.15, 0.2) is 16.6 Å². The number of ether oxygens (including phenoxy) is 3. The Balaban J connectivity index is 2.27. The van der Waals surface area contributed by atoms with Gasteiger partial charge in [0.1, 0.15) is 0 Å². The third-order valence-electron chi connectivity index (χ3n) is 1.99. The number of hydrogen-bond donors (Lipinski definition) is 0. The minimum absolute atomic E-state index is 0.0481. The number of azide groups is 1. The Bertz CT molecular complexity index is 395. The maximum absolute atomic E-state index is 11.3. The number of nitrogens with zero attached hydrogens (tertiary/aromatic N) is 3. The fourth-order valence-electron chi connectivity index (χ4n) is 1.47. The first-order valence-corrected chi connectivity index (χ1v) is 4.36. The van der Waals surface area contributed by atoms with Gasteiger partial charge in [0.05, 0.1) is 6.54 Å². The number of carbonyl (C=O) groups is 1. The molecule has 0 spiro atoms. The number of esters is 1. The van der Waals surface area contributed by atoms with E-state index in [1.165, 1.54) is 0 Å². The summed E-state index contributed by atoms with van der Waals surface area (Å²) in [6.07, 6.45) is -0.816. The van der Waals surface area contributed by atoms with Crippen LogP contribution < -0.4 is 0 Å². The molecule has 0 aliphatic carbocycles. The molecule has 80 valence electrons. The zero-order valence-corrected chi connectivity index (χ0v) is 8.26. The van der Waals surface area contributed by atoms with Gasteiger partial charge in [0.2, 0.25) is 11.9 Å². The van der Waals surface area contributed by atoms with Gasteiger partial charge in [-0.25, -0.2) is 4.79 Å². The Kier molecular flexibility index (Phi) is 2.06. The Morgan fingerprint density at radius 1 is 1.60 bits per heavy atom. The average Bonchev–Trinajstić information content (AvgIpc) is 2.60. The van der Waals surface area contributed by atoms with Crippen molar-refractivity contribution in [2.45, 2.75) is 25.7 Å². The summed E-state index contributed by atoms with van der Waals surface area (Å²) in [6.45, 7) is 3.33. The van der Waals surface area contributed by atoms with Gasteiger partial charge in [-0.05, 0) is 5.53 Å². The van der Waals surface area contributed by atoms with Crippen LogP contribution >= 0.6 is 0 Å².